The Hall–Kier alpha value is -1.89. The van der Waals surface area contributed by atoms with E-state index in [1.165, 1.54) is 35.1 Å². The Balaban J connectivity index is 2.43. The zero-order valence-electron chi connectivity index (χ0n) is 12.4. The largest absolute Gasteiger partial charge is 0.280 e. The molecule has 1 N–H and O–H groups in total. The minimum Gasteiger partial charge on any atom is -0.280 e. The fraction of sp³-hybridized carbons (Fsp3) is 0.357. The van der Waals surface area contributed by atoms with Gasteiger partial charge in [0.15, 0.2) is 0 Å². The molecule has 1 aromatic heterocycles. The molecule has 1 heterocycles. The van der Waals surface area contributed by atoms with Crippen molar-refractivity contribution in [2.45, 2.75) is 31.1 Å². The van der Waals surface area contributed by atoms with Crippen LogP contribution in [-0.2, 0) is 22.5 Å². The van der Waals surface area contributed by atoms with Crippen LogP contribution in [0.5, 0.6) is 0 Å². The molecule has 7 heteroatoms. The van der Waals surface area contributed by atoms with Crippen LogP contribution in [-0.4, -0.2) is 18.2 Å². The van der Waals surface area contributed by atoms with E-state index < -0.39 is 21.3 Å². The van der Waals surface area contributed by atoms with Crippen LogP contribution in [0.3, 0.4) is 0 Å². The number of sulfonamides is 1. The van der Waals surface area contributed by atoms with Crippen molar-refractivity contribution >= 4 is 15.7 Å². The molecule has 0 radical (unpaired) electrons. The molecule has 0 amide bonds. The zero-order chi connectivity index (χ0) is 15.8. The van der Waals surface area contributed by atoms with E-state index >= 15 is 0 Å². The molecule has 1 aromatic carbocycles. The first-order valence-corrected chi connectivity index (χ1v) is 7.90. The monoisotopic (exact) mass is 311 g/mol. The van der Waals surface area contributed by atoms with Gasteiger partial charge in [0.2, 0.25) is 0 Å². The molecule has 2 rings (SSSR count). The molecule has 0 atom stereocenters. The van der Waals surface area contributed by atoms with E-state index in [1.807, 2.05) is 20.8 Å². The highest BCUT2D eigenvalue weighted by Crippen LogP contribution is 2.28. The van der Waals surface area contributed by atoms with Gasteiger partial charge < -0.3 is 0 Å². The molecule has 0 aliphatic rings. The number of aromatic nitrogens is 2. The second-order valence-electron chi connectivity index (χ2n) is 5.88. The predicted molar refractivity (Wildman–Crippen MR) is 79.1 cm³/mol. The van der Waals surface area contributed by atoms with Gasteiger partial charge in [0.1, 0.15) is 10.7 Å². The lowest BCUT2D eigenvalue weighted by atomic mass is 9.92. The number of nitrogens with zero attached hydrogens (tertiary/aromatic N) is 2. The van der Waals surface area contributed by atoms with E-state index in [0.29, 0.717) is 11.4 Å². The van der Waals surface area contributed by atoms with E-state index in [1.54, 1.807) is 7.05 Å². The first-order chi connectivity index (χ1) is 9.59. The van der Waals surface area contributed by atoms with Gasteiger partial charge in [-0.15, -0.1) is 0 Å². The van der Waals surface area contributed by atoms with E-state index in [-0.39, 0.29) is 4.90 Å². The quantitative estimate of drug-likeness (QED) is 0.948. The molecular weight excluding hydrogens is 293 g/mol. The predicted octanol–water partition coefficient (Wildman–Crippen LogP) is 2.66. The molecular formula is C14H18FN3O2S. The smallest absolute Gasteiger partial charge is 0.265 e. The molecule has 0 aliphatic heterocycles. The third-order valence-corrected chi connectivity index (χ3v) is 4.27. The minimum atomic E-state index is -3.77. The van der Waals surface area contributed by atoms with Gasteiger partial charge in [-0.25, -0.2) is 12.8 Å². The fourth-order valence-electron chi connectivity index (χ4n) is 1.91. The lowest BCUT2D eigenvalue weighted by Crippen LogP contribution is -2.20. The van der Waals surface area contributed by atoms with Crippen molar-refractivity contribution in [3.05, 3.63) is 42.0 Å². The van der Waals surface area contributed by atoms with Crippen LogP contribution in [0.1, 0.15) is 26.5 Å². The Bertz CT molecular complexity index is 744. The standard InChI is InChI=1S/C14H18FN3O2S/c1-14(2,3)13-12(9-18(4)16-13)21(19,20)17-11-7-5-10(15)6-8-11/h5-9,17H,1-4H3. The molecule has 0 saturated carbocycles. The maximum Gasteiger partial charge on any atom is 0.265 e. The van der Waals surface area contributed by atoms with Crippen LogP contribution in [0.25, 0.3) is 0 Å². The number of benzene rings is 1. The Kier molecular flexibility index (Phi) is 3.79. The van der Waals surface area contributed by atoms with Crippen LogP contribution in [0.2, 0.25) is 0 Å². The molecule has 0 saturated heterocycles. The number of anilines is 1. The fourth-order valence-corrected chi connectivity index (χ4v) is 3.36. The second-order valence-corrected chi connectivity index (χ2v) is 7.53. The molecule has 0 fully saturated rings. The molecule has 5 nitrogen and oxygen atoms in total. The van der Waals surface area contributed by atoms with Gasteiger partial charge in [-0.1, -0.05) is 20.8 Å². The van der Waals surface area contributed by atoms with Crippen LogP contribution >= 0.6 is 0 Å². The maximum atomic E-state index is 12.9. The van der Waals surface area contributed by atoms with Gasteiger partial charge in [0, 0.05) is 24.3 Å². The van der Waals surface area contributed by atoms with Crippen molar-refractivity contribution in [2.75, 3.05) is 4.72 Å². The van der Waals surface area contributed by atoms with E-state index in [0.717, 1.165) is 0 Å². The minimum absolute atomic E-state index is 0.127. The molecule has 0 unspecified atom stereocenters. The third-order valence-electron chi connectivity index (χ3n) is 2.89. The Morgan fingerprint density at radius 2 is 1.76 bits per heavy atom. The second kappa shape index (κ2) is 5.14. The zero-order valence-corrected chi connectivity index (χ0v) is 13.2. The number of hydrogen-bond acceptors (Lipinski definition) is 3. The van der Waals surface area contributed by atoms with Crippen molar-refractivity contribution in [3.8, 4) is 0 Å². The lowest BCUT2D eigenvalue weighted by molar-refractivity contribution is 0.539. The highest BCUT2D eigenvalue weighted by Gasteiger charge is 2.29. The summed E-state index contributed by atoms with van der Waals surface area (Å²) in [5, 5.41) is 4.24. The SMILES string of the molecule is Cn1cc(S(=O)(=O)Nc2ccc(F)cc2)c(C(C)(C)C)n1. The van der Waals surface area contributed by atoms with Crippen molar-refractivity contribution in [3.63, 3.8) is 0 Å². The van der Waals surface area contributed by atoms with Gasteiger partial charge in [-0.05, 0) is 24.3 Å². The van der Waals surface area contributed by atoms with Crippen molar-refractivity contribution in [2.24, 2.45) is 7.05 Å². The molecule has 0 spiro atoms. The summed E-state index contributed by atoms with van der Waals surface area (Å²) in [5.74, 6) is -0.422. The van der Waals surface area contributed by atoms with Crippen molar-refractivity contribution < 1.29 is 12.8 Å². The first-order valence-electron chi connectivity index (χ1n) is 6.42. The summed E-state index contributed by atoms with van der Waals surface area (Å²) in [4.78, 5) is 0.127. The summed E-state index contributed by atoms with van der Waals surface area (Å²) >= 11 is 0. The number of halogens is 1. The summed E-state index contributed by atoms with van der Waals surface area (Å²) in [5.41, 5.74) is 0.383. The maximum absolute atomic E-state index is 12.9. The molecule has 21 heavy (non-hydrogen) atoms. The van der Waals surface area contributed by atoms with E-state index in [4.69, 9.17) is 0 Å². The first kappa shape index (κ1) is 15.5. The highest BCUT2D eigenvalue weighted by molar-refractivity contribution is 7.92. The molecule has 114 valence electrons. The van der Waals surface area contributed by atoms with Crippen LogP contribution < -0.4 is 4.72 Å². The van der Waals surface area contributed by atoms with E-state index in [2.05, 4.69) is 9.82 Å². The van der Waals surface area contributed by atoms with Gasteiger partial charge >= 0.3 is 0 Å². The Labute approximate surface area is 123 Å². The van der Waals surface area contributed by atoms with E-state index in [9.17, 15) is 12.8 Å². The topological polar surface area (TPSA) is 64.0 Å². The number of aryl methyl sites for hydroxylation is 1. The number of rotatable bonds is 3. The van der Waals surface area contributed by atoms with Gasteiger partial charge in [0.25, 0.3) is 10.0 Å². The lowest BCUT2D eigenvalue weighted by Gasteiger charge is -2.17. The van der Waals surface area contributed by atoms with Crippen molar-refractivity contribution in [1.29, 1.82) is 0 Å². The normalized spacial score (nSPS) is 12.4. The summed E-state index contributed by atoms with van der Waals surface area (Å²) in [6.45, 7) is 5.69. The van der Waals surface area contributed by atoms with Crippen molar-refractivity contribution in [1.82, 2.24) is 9.78 Å². The van der Waals surface area contributed by atoms with Crippen LogP contribution in [0.15, 0.2) is 35.4 Å². The summed E-state index contributed by atoms with van der Waals surface area (Å²) < 4.78 is 41.8. The van der Waals surface area contributed by atoms with Crippen LogP contribution in [0, 0.1) is 5.82 Å². The molecule has 2 aromatic rings. The van der Waals surface area contributed by atoms with Gasteiger partial charge in [-0.3, -0.25) is 9.40 Å². The van der Waals surface area contributed by atoms with Crippen LogP contribution in [0.4, 0.5) is 10.1 Å². The average molecular weight is 311 g/mol. The summed E-state index contributed by atoms with van der Waals surface area (Å²) in [6, 6.07) is 5.15. The number of nitrogens with one attached hydrogen (secondary N) is 1. The third kappa shape index (κ3) is 3.41. The Morgan fingerprint density at radius 3 is 2.29 bits per heavy atom. The van der Waals surface area contributed by atoms with Gasteiger partial charge in [-0.2, -0.15) is 5.10 Å². The summed E-state index contributed by atoms with van der Waals surface area (Å²) in [6.07, 6.45) is 1.46. The molecule has 0 aliphatic carbocycles. The average Bonchev–Trinajstić information content (AvgIpc) is 2.75. The summed E-state index contributed by atoms with van der Waals surface area (Å²) in [7, 11) is -2.10. The Morgan fingerprint density at radius 1 is 1.19 bits per heavy atom. The van der Waals surface area contributed by atoms with Gasteiger partial charge in [0.05, 0.1) is 5.69 Å². The number of hydrogen-bond donors (Lipinski definition) is 1. The molecule has 0 bridgehead atoms. The highest BCUT2D eigenvalue weighted by atomic mass is 32.2.